The van der Waals surface area contributed by atoms with Crippen molar-refractivity contribution >= 4 is 17.9 Å². The summed E-state index contributed by atoms with van der Waals surface area (Å²) in [4.78, 5) is 9.33. The van der Waals surface area contributed by atoms with E-state index < -0.39 is 0 Å². The zero-order valence-electron chi connectivity index (χ0n) is 3.07. The number of hydrogen-bond acceptors (Lipinski definition) is 1. The van der Waals surface area contributed by atoms with Gasteiger partial charge >= 0.3 is 0 Å². The molecular formula is C4H3ClO. The zero-order chi connectivity index (χ0) is 4.83. The van der Waals surface area contributed by atoms with E-state index in [1.54, 1.807) is 0 Å². The fourth-order valence-corrected chi connectivity index (χ4v) is 0.157. The standard InChI is InChI=1S/C4H3ClO/c5-3-1-2-4-6/h4H,3H2. The van der Waals surface area contributed by atoms with E-state index in [2.05, 4.69) is 11.8 Å². The van der Waals surface area contributed by atoms with Crippen LogP contribution < -0.4 is 0 Å². The number of carbonyl (C=O) groups excluding carboxylic acids is 1. The second-order valence-corrected chi connectivity index (χ2v) is 0.840. The Morgan fingerprint density at radius 2 is 2.50 bits per heavy atom. The summed E-state index contributed by atoms with van der Waals surface area (Å²) in [6.07, 6.45) is 0.516. The van der Waals surface area contributed by atoms with Crippen LogP contribution in [0.2, 0.25) is 0 Å². The van der Waals surface area contributed by atoms with Gasteiger partial charge in [0.25, 0.3) is 0 Å². The van der Waals surface area contributed by atoms with Gasteiger partial charge in [0, 0.05) is 0 Å². The molecule has 0 aliphatic carbocycles. The van der Waals surface area contributed by atoms with Crippen LogP contribution in [0.15, 0.2) is 0 Å². The van der Waals surface area contributed by atoms with Gasteiger partial charge in [0.15, 0.2) is 6.29 Å². The van der Waals surface area contributed by atoms with Crippen LogP contribution in [0.25, 0.3) is 0 Å². The lowest BCUT2D eigenvalue weighted by atomic mass is 10.7. The monoisotopic (exact) mass is 102 g/mol. The van der Waals surface area contributed by atoms with Crippen LogP contribution in [0.4, 0.5) is 0 Å². The number of aldehydes is 1. The molecule has 0 spiro atoms. The highest BCUT2D eigenvalue weighted by Crippen LogP contribution is 1.63. The summed E-state index contributed by atoms with van der Waals surface area (Å²) < 4.78 is 0. The first-order chi connectivity index (χ1) is 2.91. The van der Waals surface area contributed by atoms with E-state index in [4.69, 9.17) is 11.6 Å². The summed E-state index contributed by atoms with van der Waals surface area (Å²) in [7, 11) is 0. The number of hydrogen-bond donors (Lipinski definition) is 0. The van der Waals surface area contributed by atoms with Crippen LogP contribution in [0.3, 0.4) is 0 Å². The Kier molecular flexibility index (Phi) is 4.16. The van der Waals surface area contributed by atoms with Gasteiger partial charge in [-0.1, -0.05) is 5.92 Å². The minimum atomic E-state index is 0.235. The normalized spacial score (nSPS) is 5.50. The van der Waals surface area contributed by atoms with Crippen LogP contribution >= 0.6 is 11.6 Å². The van der Waals surface area contributed by atoms with E-state index in [0.29, 0.717) is 6.29 Å². The first-order valence-electron chi connectivity index (χ1n) is 1.40. The van der Waals surface area contributed by atoms with Crippen molar-refractivity contribution in [3.63, 3.8) is 0 Å². The smallest absolute Gasteiger partial charge is 0.192 e. The van der Waals surface area contributed by atoms with E-state index in [0.717, 1.165) is 0 Å². The van der Waals surface area contributed by atoms with Crippen molar-refractivity contribution in [2.24, 2.45) is 0 Å². The molecule has 0 N–H and O–H groups in total. The molecular weight excluding hydrogens is 99.5 g/mol. The molecule has 0 unspecified atom stereocenters. The van der Waals surface area contributed by atoms with Crippen molar-refractivity contribution in [3.05, 3.63) is 0 Å². The molecule has 0 fully saturated rings. The quantitative estimate of drug-likeness (QED) is 0.246. The van der Waals surface area contributed by atoms with Crippen molar-refractivity contribution in [2.45, 2.75) is 0 Å². The van der Waals surface area contributed by atoms with E-state index >= 15 is 0 Å². The summed E-state index contributed by atoms with van der Waals surface area (Å²) >= 11 is 5.05. The lowest BCUT2D eigenvalue weighted by Gasteiger charge is -1.56. The van der Waals surface area contributed by atoms with Crippen molar-refractivity contribution in [3.8, 4) is 11.8 Å². The Labute approximate surface area is 41.3 Å². The maximum absolute atomic E-state index is 9.33. The van der Waals surface area contributed by atoms with Crippen molar-refractivity contribution in [2.75, 3.05) is 5.88 Å². The SMILES string of the molecule is O=CC#CCCl. The lowest BCUT2D eigenvalue weighted by molar-refractivity contribution is -0.103. The predicted octanol–water partition coefficient (Wildman–Crippen LogP) is 0.427. The molecule has 0 amide bonds. The highest BCUT2D eigenvalue weighted by Gasteiger charge is 1.56. The minimum Gasteiger partial charge on any atom is -0.289 e. The highest BCUT2D eigenvalue weighted by atomic mass is 35.5. The molecule has 0 radical (unpaired) electrons. The molecule has 2 heteroatoms. The Morgan fingerprint density at radius 1 is 1.83 bits per heavy atom. The fourth-order valence-electron chi connectivity index (χ4n) is 0.0802. The Morgan fingerprint density at radius 3 is 2.67 bits per heavy atom. The molecule has 1 nitrogen and oxygen atoms in total. The number of carbonyl (C=O) groups is 1. The predicted molar refractivity (Wildman–Crippen MR) is 24.6 cm³/mol. The molecule has 0 aliphatic heterocycles. The lowest BCUT2D eigenvalue weighted by Crippen LogP contribution is -1.60. The highest BCUT2D eigenvalue weighted by molar-refractivity contribution is 6.19. The van der Waals surface area contributed by atoms with Gasteiger partial charge in [0.2, 0.25) is 0 Å². The van der Waals surface area contributed by atoms with Crippen LogP contribution in [0.1, 0.15) is 0 Å². The molecule has 6 heavy (non-hydrogen) atoms. The molecule has 0 aromatic carbocycles. The second kappa shape index (κ2) is 4.52. The van der Waals surface area contributed by atoms with Crippen LogP contribution in [-0.2, 0) is 4.79 Å². The molecule has 0 atom stereocenters. The first kappa shape index (κ1) is 5.52. The van der Waals surface area contributed by atoms with Crippen molar-refractivity contribution in [1.29, 1.82) is 0 Å². The van der Waals surface area contributed by atoms with Gasteiger partial charge in [0.05, 0.1) is 5.88 Å². The molecule has 0 aliphatic rings. The topological polar surface area (TPSA) is 17.1 Å². The summed E-state index contributed by atoms with van der Waals surface area (Å²) in [5.74, 6) is 4.72. The molecule has 0 saturated carbocycles. The third-order valence-electron chi connectivity index (χ3n) is 0.228. The van der Waals surface area contributed by atoms with Crippen LogP contribution in [0, 0.1) is 11.8 Å². The minimum absolute atomic E-state index is 0.235. The van der Waals surface area contributed by atoms with E-state index in [1.165, 1.54) is 0 Å². The molecule has 32 valence electrons. The maximum Gasteiger partial charge on any atom is 0.192 e. The Hall–Kier alpha value is -0.480. The van der Waals surface area contributed by atoms with Gasteiger partial charge in [-0.2, -0.15) is 0 Å². The average molecular weight is 103 g/mol. The maximum atomic E-state index is 9.33. The van der Waals surface area contributed by atoms with E-state index in [-0.39, 0.29) is 5.88 Å². The molecule has 0 saturated heterocycles. The summed E-state index contributed by atoms with van der Waals surface area (Å²) in [5, 5.41) is 0. The van der Waals surface area contributed by atoms with E-state index in [9.17, 15) is 4.79 Å². The van der Waals surface area contributed by atoms with Crippen LogP contribution in [0.5, 0.6) is 0 Å². The summed E-state index contributed by atoms with van der Waals surface area (Å²) in [6, 6.07) is 0. The van der Waals surface area contributed by atoms with Gasteiger partial charge in [-0.3, -0.25) is 4.79 Å². The Balaban J connectivity index is 3.13. The zero-order valence-corrected chi connectivity index (χ0v) is 3.83. The van der Waals surface area contributed by atoms with Crippen LogP contribution in [-0.4, -0.2) is 12.2 Å². The van der Waals surface area contributed by atoms with Gasteiger partial charge in [-0.25, -0.2) is 0 Å². The summed E-state index contributed by atoms with van der Waals surface area (Å²) in [5.41, 5.74) is 0. The number of alkyl halides is 1. The summed E-state index contributed by atoms with van der Waals surface area (Å²) in [6.45, 7) is 0. The molecule has 0 aromatic heterocycles. The fraction of sp³-hybridized carbons (Fsp3) is 0.250. The average Bonchev–Trinajstić information content (AvgIpc) is 1.61. The largest absolute Gasteiger partial charge is 0.289 e. The van der Waals surface area contributed by atoms with Gasteiger partial charge in [-0.05, 0) is 5.92 Å². The molecule has 0 aromatic rings. The number of halogens is 1. The first-order valence-corrected chi connectivity index (χ1v) is 1.93. The van der Waals surface area contributed by atoms with Gasteiger partial charge in [0.1, 0.15) is 0 Å². The van der Waals surface area contributed by atoms with Gasteiger partial charge < -0.3 is 0 Å². The third kappa shape index (κ3) is 3.52. The van der Waals surface area contributed by atoms with Gasteiger partial charge in [-0.15, -0.1) is 11.6 Å². The van der Waals surface area contributed by atoms with E-state index in [1.807, 2.05) is 0 Å². The van der Waals surface area contributed by atoms with Crippen molar-refractivity contribution in [1.82, 2.24) is 0 Å². The third-order valence-corrected chi connectivity index (χ3v) is 0.361. The number of rotatable bonds is 0. The van der Waals surface area contributed by atoms with Crippen molar-refractivity contribution < 1.29 is 4.79 Å². The molecule has 0 rings (SSSR count). The Bertz CT molecular complexity index is 87.5. The second-order valence-electron chi connectivity index (χ2n) is 0.573. The molecule has 0 bridgehead atoms. The molecule has 0 heterocycles.